The Hall–Kier alpha value is -2.02. The van der Waals surface area contributed by atoms with Crippen molar-refractivity contribution in [1.29, 1.82) is 5.26 Å². The van der Waals surface area contributed by atoms with Gasteiger partial charge in [-0.1, -0.05) is 25.3 Å². The number of nitriles is 1. The maximum atomic E-state index is 12.3. The van der Waals surface area contributed by atoms with E-state index < -0.39 is 6.04 Å². The highest BCUT2D eigenvalue weighted by Gasteiger charge is 2.25. The molecule has 2 N–H and O–H groups in total. The third kappa shape index (κ3) is 3.11. The SMILES string of the molecule is Cc1c(O)cccc1C(=O)NC(C#N)C1CCCCC1. The molecule has 1 unspecified atom stereocenters. The first-order chi connectivity index (χ1) is 9.63. The van der Waals surface area contributed by atoms with Gasteiger partial charge in [0.15, 0.2) is 0 Å². The van der Waals surface area contributed by atoms with Crippen LogP contribution in [0.25, 0.3) is 0 Å². The molecule has 0 bridgehead atoms. The first-order valence-corrected chi connectivity index (χ1v) is 7.12. The van der Waals surface area contributed by atoms with Gasteiger partial charge in [-0.25, -0.2) is 0 Å². The monoisotopic (exact) mass is 272 g/mol. The van der Waals surface area contributed by atoms with Gasteiger partial charge in [-0.3, -0.25) is 4.79 Å². The van der Waals surface area contributed by atoms with E-state index in [1.165, 1.54) is 6.42 Å². The molecule has 0 heterocycles. The number of rotatable bonds is 3. The lowest BCUT2D eigenvalue weighted by atomic mass is 9.84. The van der Waals surface area contributed by atoms with Crippen LogP contribution < -0.4 is 5.32 Å². The zero-order chi connectivity index (χ0) is 14.5. The van der Waals surface area contributed by atoms with Crippen LogP contribution in [-0.4, -0.2) is 17.1 Å². The van der Waals surface area contributed by atoms with Crippen LogP contribution in [0.3, 0.4) is 0 Å². The fourth-order valence-electron chi connectivity index (χ4n) is 2.81. The van der Waals surface area contributed by atoms with Crippen molar-refractivity contribution in [3.05, 3.63) is 29.3 Å². The number of hydrogen-bond donors (Lipinski definition) is 2. The number of nitrogens with one attached hydrogen (secondary N) is 1. The molecule has 0 radical (unpaired) electrons. The summed E-state index contributed by atoms with van der Waals surface area (Å²) in [6, 6.07) is 6.63. The fraction of sp³-hybridized carbons (Fsp3) is 0.500. The Morgan fingerprint density at radius 2 is 2.10 bits per heavy atom. The lowest BCUT2D eigenvalue weighted by Gasteiger charge is -2.26. The van der Waals surface area contributed by atoms with E-state index in [9.17, 15) is 15.2 Å². The van der Waals surface area contributed by atoms with E-state index in [4.69, 9.17) is 0 Å². The third-order valence-electron chi connectivity index (χ3n) is 4.10. The van der Waals surface area contributed by atoms with Crippen LogP contribution in [0.5, 0.6) is 5.75 Å². The van der Waals surface area contributed by atoms with E-state index in [1.54, 1.807) is 25.1 Å². The maximum absolute atomic E-state index is 12.3. The summed E-state index contributed by atoms with van der Waals surface area (Å²) >= 11 is 0. The van der Waals surface area contributed by atoms with Crippen molar-refractivity contribution < 1.29 is 9.90 Å². The minimum absolute atomic E-state index is 0.101. The van der Waals surface area contributed by atoms with Crippen molar-refractivity contribution in [1.82, 2.24) is 5.32 Å². The second kappa shape index (κ2) is 6.42. The normalized spacial score (nSPS) is 17.2. The smallest absolute Gasteiger partial charge is 0.252 e. The van der Waals surface area contributed by atoms with Crippen LogP contribution in [-0.2, 0) is 0 Å². The lowest BCUT2D eigenvalue weighted by molar-refractivity contribution is 0.0928. The van der Waals surface area contributed by atoms with Crippen molar-refractivity contribution in [2.24, 2.45) is 5.92 Å². The van der Waals surface area contributed by atoms with E-state index in [2.05, 4.69) is 11.4 Å². The van der Waals surface area contributed by atoms with Gasteiger partial charge >= 0.3 is 0 Å². The molecule has 1 fully saturated rings. The van der Waals surface area contributed by atoms with Gasteiger partial charge in [-0.15, -0.1) is 0 Å². The summed E-state index contributed by atoms with van der Waals surface area (Å²) in [5.74, 6) is 0.0645. The molecule has 1 aromatic rings. The first-order valence-electron chi connectivity index (χ1n) is 7.12. The van der Waals surface area contributed by atoms with Crippen molar-refractivity contribution in [2.45, 2.75) is 45.1 Å². The Kier molecular flexibility index (Phi) is 4.62. The molecular weight excluding hydrogens is 252 g/mol. The molecule has 0 aliphatic heterocycles. The Morgan fingerprint density at radius 3 is 2.75 bits per heavy atom. The van der Waals surface area contributed by atoms with Crippen molar-refractivity contribution in [3.8, 4) is 11.8 Å². The second-order valence-corrected chi connectivity index (χ2v) is 5.43. The first kappa shape index (κ1) is 14.4. The molecule has 0 aromatic heterocycles. The molecule has 1 aliphatic rings. The molecule has 106 valence electrons. The predicted octanol–water partition coefficient (Wildman–Crippen LogP) is 2.90. The Labute approximate surface area is 119 Å². The molecule has 2 rings (SSSR count). The summed E-state index contributed by atoms with van der Waals surface area (Å²) in [6.45, 7) is 1.70. The van der Waals surface area contributed by atoms with Gasteiger partial charge in [-0.2, -0.15) is 5.26 Å². The number of carbonyl (C=O) groups is 1. The summed E-state index contributed by atoms with van der Waals surface area (Å²) in [7, 11) is 0. The van der Waals surface area contributed by atoms with Crippen LogP contribution >= 0.6 is 0 Å². The van der Waals surface area contributed by atoms with E-state index in [0.29, 0.717) is 11.1 Å². The molecule has 4 heteroatoms. The largest absolute Gasteiger partial charge is 0.508 e. The maximum Gasteiger partial charge on any atom is 0.252 e. The fourth-order valence-corrected chi connectivity index (χ4v) is 2.81. The highest BCUT2D eigenvalue weighted by molar-refractivity contribution is 5.96. The van der Waals surface area contributed by atoms with Crippen molar-refractivity contribution in [3.63, 3.8) is 0 Å². The zero-order valence-electron chi connectivity index (χ0n) is 11.7. The van der Waals surface area contributed by atoms with Crippen LogP contribution in [0.2, 0.25) is 0 Å². The van der Waals surface area contributed by atoms with Gasteiger partial charge < -0.3 is 10.4 Å². The van der Waals surface area contributed by atoms with Gasteiger partial charge in [0.05, 0.1) is 6.07 Å². The van der Waals surface area contributed by atoms with Crippen LogP contribution in [0.4, 0.5) is 0 Å². The van der Waals surface area contributed by atoms with Crippen LogP contribution in [0.15, 0.2) is 18.2 Å². The molecule has 0 spiro atoms. The molecule has 20 heavy (non-hydrogen) atoms. The van der Waals surface area contributed by atoms with E-state index in [-0.39, 0.29) is 17.6 Å². The van der Waals surface area contributed by atoms with Crippen molar-refractivity contribution in [2.75, 3.05) is 0 Å². The second-order valence-electron chi connectivity index (χ2n) is 5.43. The predicted molar refractivity (Wildman–Crippen MR) is 76.3 cm³/mol. The molecule has 1 amide bonds. The minimum atomic E-state index is -0.440. The molecule has 1 atom stereocenters. The molecular formula is C16H20N2O2. The average Bonchev–Trinajstić information content (AvgIpc) is 2.48. The quantitative estimate of drug-likeness (QED) is 0.888. The Bertz CT molecular complexity index is 528. The Morgan fingerprint density at radius 1 is 1.40 bits per heavy atom. The van der Waals surface area contributed by atoms with Gasteiger partial charge in [0.2, 0.25) is 0 Å². The van der Waals surface area contributed by atoms with E-state index in [0.717, 1.165) is 25.7 Å². The Balaban J connectivity index is 2.09. The van der Waals surface area contributed by atoms with Crippen LogP contribution in [0.1, 0.15) is 48.0 Å². The summed E-state index contributed by atoms with van der Waals surface area (Å²) in [4.78, 5) is 12.3. The highest BCUT2D eigenvalue weighted by atomic mass is 16.3. The number of hydrogen-bond acceptors (Lipinski definition) is 3. The number of phenolic OH excluding ortho intramolecular Hbond substituents is 1. The van der Waals surface area contributed by atoms with E-state index in [1.807, 2.05) is 0 Å². The number of phenols is 1. The minimum Gasteiger partial charge on any atom is -0.508 e. The van der Waals surface area contributed by atoms with Gasteiger partial charge in [0.1, 0.15) is 11.8 Å². The zero-order valence-corrected chi connectivity index (χ0v) is 11.7. The number of nitrogens with zero attached hydrogens (tertiary/aromatic N) is 1. The van der Waals surface area contributed by atoms with Crippen molar-refractivity contribution >= 4 is 5.91 Å². The molecule has 1 aromatic carbocycles. The summed E-state index contributed by atoms with van der Waals surface area (Å²) in [6.07, 6.45) is 5.47. The molecule has 1 saturated carbocycles. The standard InChI is InChI=1S/C16H20N2O2/c1-11-13(8-5-9-15(11)19)16(20)18-14(10-17)12-6-3-2-4-7-12/h5,8-9,12,14,19H,2-4,6-7H2,1H3,(H,18,20). The van der Waals surface area contributed by atoms with Gasteiger partial charge in [0, 0.05) is 11.1 Å². The van der Waals surface area contributed by atoms with Crippen LogP contribution in [0, 0.1) is 24.2 Å². The number of benzene rings is 1. The number of amides is 1. The molecule has 4 nitrogen and oxygen atoms in total. The number of carbonyl (C=O) groups excluding carboxylic acids is 1. The summed E-state index contributed by atoms with van der Waals surface area (Å²) < 4.78 is 0. The topological polar surface area (TPSA) is 73.1 Å². The van der Waals surface area contributed by atoms with Gasteiger partial charge in [0.25, 0.3) is 5.91 Å². The highest BCUT2D eigenvalue weighted by Crippen LogP contribution is 2.27. The molecule has 1 aliphatic carbocycles. The average molecular weight is 272 g/mol. The third-order valence-corrected chi connectivity index (χ3v) is 4.10. The number of aromatic hydroxyl groups is 1. The van der Waals surface area contributed by atoms with E-state index >= 15 is 0 Å². The van der Waals surface area contributed by atoms with Gasteiger partial charge in [-0.05, 0) is 37.8 Å². The molecule has 0 saturated heterocycles. The lowest BCUT2D eigenvalue weighted by Crippen LogP contribution is -2.40. The summed E-state index contributed by atoms with van der Waals surface area (Å²) in [5.41, 5.74) is 0.978. The summed E-state index contributed by atoms with van der Waals surface area (Å²) in [5, 5.41) is 21.7.